The van der Waals surface area contributed by atoms with Crippen molar-refractivity contribution in [2.75, 3.05) is 19.4 Å². The van der Waals surface area contributed by atoms with Crippen LogP contribution in [0, 0.1) is 11.3 Å². The van der Waals surface area contributed by atoms with Crippen molar-refractivity contribution in [1.29, 1.82) is 5.26 Å². The molecule has 0 spiro atoms. The Morgan fingerprint density at radius 3 is 2.64 bits per heavy atom. The predicted octanol–water partition coefficient (Wildman–Crippen LogP) is 1.63. The summed E-state index contributed by atoms with van der Waals surface area (Å²) in [5, 5.41) is 12.2. The monoisotopic (exact) mass is 318 g/mol. The number of fused-ring (bicyclic) bond motifs is 1. The van der Waals surface area contributed by atoms with Crippen LogP contribution in [0.15, 0.2) is 11.8 Å². The fraction of sp³-hybridized carbons (Fsp3) is 0.400. The van der Waals surface area contributed by atoms with Crippen molar-refractivity contribution < 1.29 is 9.59 Å². The molecular weight excluding hydrogens is 300 g/mol. The lowest BCUT2D eigenvalue weighted by atomic mass is 9.95. The lowest BCUT2D eigenvalue weighted by molar-refractivity contribution is -0.112. The molecule has 3 N–H and O–H groups in total. The van der Waals surface area contributed by atoms with Gasteiger partial charge in [-0.15, -0.1) is 11.3 Å². The second kappa shape index (κ2) is 6.62. The largest absolute Gasteiger partial charge is 0.382 e. The number of nitrogens with one attached hydrogen (secondary N) is 1. The molecule has 0 unspecified atom stereocenters. The Bertz CT molecular complexity index is 682. The van der Waals surface area contributed by atoms with Crippen LogP contribution >= 0.6 is 11.3 Å². The minimum Gasteiger partial charge on any atom is -0.382 e. The summed E-state index contributed by atoms with van der Waals surface area (Å²) in [4.78, 5) is 26.7. The summed E-state index contributed by atoms with van der Waals surface area (Å²) in [7, 11) is 3.45. The van der Waals surface area contributed by atoms with Gasteiger partial charge < -0.3 is 16.0 Å². The highest BCUT2D eigenvalue weighted by atomic mass is 32.1. The van der Waals surface area contributed by atoms with Gasteiger partial charge in [0.15, 0.2) is 0 Å². The van der Waals surface area contributed by atoms with E-state index >= 15 is 0 Å². The van der Waals surface area contributed by atoms with Crippen molar-refractivity contribution >= 4 is 28.2 Å². The van der Waals surface area contributed by atoms with Crippen molar-refractivity contribution in [3.8, 4) is 6.07 Å². The Morgan fingerprint density at radius 2 is 2.05 bits per heavy atom. The highest BCUT2D eigenvalue weighted by Crippen LogP contribution is 2.38. The Morgan fingerprint density at radius 1 is 1.36 bits per heavy atom. The van der Waals surface area contributed by atoms with E-state index in [1.54, 1.807) is 19.0 Å². The van der Waals surface area contributed by atoms with E-state index in [4.69, 9.17) is 11.0 Å². The summed E-state index contributed by atoms with van der Waals surface area (Å²) >= 11 is 1.38. The van der Waals surface area contributed by atoms with Gasteiger partial charge in [-0.25, -0.2) is 0 Å². The number of thiophene rings is 1. The number of amides is 2. The molecule has 2 amide bonds. The highest BCUT2D eigenvalue weighted by Gasteiger charge is 2.25. The third-order valence-corrected chi connectivity index (χ3v) is 4.60. The zero-order valence-electron chi connectivity index (χ0n) is 12.6. The molecule has 0 saturated heterocycles. The summed E-state index contributed by atoms with van der Waals surface area (Å²) < 4.78 is 0. The van der Waals surface area contributed by atoms with Gasteiger partial charge in [-0.05, 0) is 31.2 Å². The predicted molar refractivity (Wildman–Crippen MR) is 85.5 cm³/mol. The third kappa shape index (κ3) is 3.28. The number of nitrogens with two attached hydrogens (primary N) is 1. The number of nitriles is 1. The molecule has 1 heterocycles. The Kier molecular flexibility index (Phi) is 4.83. The van der Waals surface area contributed by atoms with E-state index in [9.17, 15) is 9.59 Å². The summed E-state index contributed by atoms with van der Waals surface area (Å²) in [6.07, 6.45) is 5.23. The number of hydrogen-bond donors (Lipinski definition) is 2. The normalized spacial score (nSPS) is 14.0. The molecule has 22 heavy (non-hydrogen) atoms. The van der Waals surface area contributed by atoms with Crippen LogP contribution in [0.3, 0.4) is 0 Å². The summed E-state index contributed by atoms with van der Waals surface area (Å²) in [5.74, 6) is -1.07. The minimum atomic E-state index is -0.537. The molecule has 0 saturated carbocycles. The molecule has 0 atom stereocenters. The van der Waals surface area contributed by atoms with Crippen molar-refractivity contribution in [1.82, 2.24) is 4.90 Å². The van der Waals surface area contributed by atoms with Gasteiger partial charge in [0.1, 0.15) is 16.6 Å². The summed E-state index contributed by atoms with van der Waals surface area (Å²) in [6.45, 7) is 0. The maximum Gasteiger partial charge on any atom is 0.268 e. The third-order valence-electron chi connectivity index (χ3n) is 3.40. The average molecular weight is 318 g/mol. The lowest BCUT2D eigenvalue weighted by Crippen LogP contribution is -2.20. The van der Waals surface area contributed by atoms with E-state index in [-0.39, 0.29) is 5.57 Å². The van der Waals surface area contributed by atoms with Crippen molar-refractivity contribution in [3.63, 3.8) is 0 Å². The van der Waals surface area contributed by atoms with E-state index in [1.807, 2.05) is 6.07 Å². The van der Waals surface area contributed by atoms with Gasteiger partial charge in [0, 0.05) is 25.2 Å². The van der Waals surface area contributed by atoms with E-state index < -0.39 is 11.8 Å². The van der Waals surface area contributed by atoms with E-state index in [0.717, 1.165) is 36.1 Å². The first kappa shape index (κ1) is 16.0. The fourth-order valence-electron chi connectivity index (χ4n) is 2.48. The zero-order valence-corrected chi connectivity index (χ0v) is 13.4. The summed E-state index contributed by atoms with van der Waals surface area (Å²) in [5.41, 5.74) is 6.81. The molecule has 7 heteroatoms. The van der Waals surface area contributed by atoms with Crippen LogP contribution in [0.25, 0.3) is 0 Å². The van der Waals surface area contributed by atoms with Crippen LogP contribution in [0.1, 0.15) is 33.6 Å². The fourth-order valence-corrected chi connectivity index (χ4v) is 3.77. The van der Waals surface area contributed by atoms with Gasteiger partial charge in [0.05, 0.1) is 5.56 Å². The van der Waals surface area contributed by atoms with Gasteiger partial charge in [-0.1, -0.05) is 0 Å². The average Bonchev–Trinajstić information content (AvgIpc) is 2.82. The first-order chi connectivity index (χ1) is 10.4. The van der Waals surface area contributed by atoms with Crippen molar-refractivity contribution in [2.45, 2.75) is 25.7 Å². The topological polar surface area (TPSA) is 99.2 Å². The Hall–Kier alpha value is -2.33. The van der Waals surface area contributed by atoms with E-state index in [0.29, 0.717) is 10.6 Å². The van der Waals surface area contributed by atoms with Crippen LogP contribution in [-0.2, 0) is 17.6 Å². The molecule has 1 aliphatic carbocycles. The number of rotatable bonds is 4. The molecule has 0 aliphatic heterocycles. The second-order valence-electron chi connectivity index (χ2n) is 5.35. The van der Waals surface area contributed by atoms with Crippen LogP contribution < -0.4 is 11.1 Å². The van der Waals surface area contributed by atoms with Gasteiger partial charge in [0.25, 0.3) is 11.8 Å². The van der Waals surface area contributed by atoms with Gasteiger partial charge in [0.2, 0.25) is 0 Å². The standard InChI is InChI=1S/C15H18N4O2S/c1-19(2)8-9(7-16)14(21)18-15-12(13(17)20)10-5-3-4-6-11(10)22-15/h8H,3-6H2,1-2H3,(H2,17,20)(H,18,21)/b9-8+. The lowest BCUT2D eigenvalue weighted by Gasteiger charge is -2.11. The van der Waals surface area contributed by atoms with Crippen LogP contribution in [-0.4, -0.2) is 30.8 Å². The molecule has 0 radical (unpaired) electrons. The molecule has 0 bridgehead atoms. The van der Waals surface area contributed by atoms with Crippen molar-refractivity contribution in [3.05, 3.63) is 27.8 Å². The zero-order chi connectivity index (χ0) is 16.3. The minimum absolute atomic E-state index is 0.0215. The maximum atomic E-state index is 12.2. The molecule has 0 fully saturated rings. The number of primary amides is 1. The van der Waals surface area contributed by atoms with Gasteiger partial charge in [-0.2, -0.15) is 5.26 Å². The number of carbonyl (C=O) groups is 2. The molecule has 1 aromatic heterocycles. The molecule has 1 aromatic rings. The van der Waals surface area contributed by atoms with Crippen molar-refractivity contribution in [2.24, 2.45) is 5.73 Å². The first-order valence-corrected chi connectivity index (χ1v) is 7.79. The molecule has 6 nitrogen and oxygen atoms in total. The van der Waals surface area contributed by atoms with Gasteiger partial charge in [-0.3, -0.25) is 9.59 Å². The second-order valence-corrected chi connectivity index (χ2v) is 6.46. The number of nitrogens with zero attached hydrogens (tertiary/aromatic N) is 2. The molecular formula is C15H18N4O2S. The SMILES string of the molecule is CN(C)/C=C(\C#N)C(=O)Nc1sc2c(c1C(N)=O)CCCC2. The molecule has 0 aromatic carbocycles. The van der Waals surface area contributed by atoms with Crippen LogP contribution in [0.4, 0.5) is 5.00 Å². The smallest absolute Gasteiger partial charge is 0.268 e. The maximum absolute atomic E-state index is 12.2. The molecule has 1 aliphatic rings. The van der Waals surface area contributed by atoms with E-state index in [1.165, 1.54) is 17.5 Å². The number of hydrogen-bond acceptors (Lipinski definition) is 5. The quantitative estimate of drug-likeness (QED) is 0.651. The Labute approximate surface area is 133 Å². The van der Waals surface area contributed by atoms with Crippen LogP contribution in [0.5, 0.6) is 0 Å². The Balaban J connectivity index is 2.34. The first-order valence-electron chi connectivity index (χ1n) is 6.98. The van der Waals surface area contributed by atoms with E-state index in [2.05, 4.69) is 5.32 Å². The molecule has 116 valence electrons. The van der Waals surface area contributed by atoms with Crippen LogP contribution in [0.2, 0.25) is 0 Å². The number of anilines is 1. The number of carbonyl (C=O) groups excluding carboxylic acids is 2. The highest BCUT2D eigenvalue weighted by molar-refractivity contribution is 7.17. The van der Waals surface area contributed by atoms with Gasteiger partial charge >= 0.3 is 0 Å². The molecule has 2 rings (SSSR count). The summed E-state index contributed by atoms with van der Waals surface area (Å²) in [6, 6.07) is 1.86. The number of aryl methyl sites for hydroxylation is 1.